The molecule has 0 aliphatic heterocycles. The molecule has 1 nitrogen and oxygen atoms in total. The molecule has 1 aromatic rings. The van der Waals surface area contributed by atoms with Crippen LogP contribution in [-0.4, -0.2) is 18.8 Å². The van der Waals surface area contributed by atoms with Crippen molar-refractivity contribution in [3.63, 3.8) is 0 Å². The van der Waals surface area contributed by atoms with Gasteiger partial charge in [-0.05, 0) is 67.0 Å². The molecule has 5 heteroatoms. The van der Waals surface area contributed by atoms with E-state index in [1.165, 1.54) is 5.56 Å². The van der Waals surface area contributed by atoms with Crippen LogP contribution in [0.4, 0.5) is 13.2 Å². The van der Waals surface area contributed by atoms with Crippen LogP contribution in [0.25, 0.3) is 0 Å². The second-order valence-corrected chi connectivity index (χ2v) is 6.43. The minimum absolute atomic E-state index is 0.291. The van der Waals surface area contributed by atoms with Crippen LogP contribution in [0.3, 0.4) is 0 Å². The van der Waals surface area contributed by atoms with Crippen LogP contribution in [-0.2, 0) is 6.42 Å². The van der Waals surface area contributed by atoms with Crippen molar-refractivity contribution in [1.29, 1.82) is 0 Å². The predicted molar refractivity (Wildman–Crippen MR) is 77.0 cm³/mol. The number of hydrogen-bond acceptors (Lipinski definition) is 2. The second-order valence-electron chi connectivity index (χ2n) is 5.65. The number of rotatable bonds is 5. The fourth-order valence-corrected chi connectivity index (χ4v) is 3.86. The van der Waals surface area contributed by atoms with Crippen LogP contribution in [0.5, 0.6) is 0 Å². The number of alkyl halides is 3. The molecule has 114 valence electrons. The molecule has 1 unspecified atom stereocenters. The van der Waals surface area contributed by atoms with Crippen LogP contribution < -0.4 is 5.32 Å². The van der Waals surface area contributed by atoms with E-state index in [0.29, 0.717) is 37.6 Å². The van der Waals surface area contributed by atoms with Gasteiger partial charge in [0.1, 0.15) is 0 Å². The first-order valence-electron chi connectivity index (χ1n) is 7.32. The SMILES string of the molecule is CCNC(Cc1ccsc1)C1CCC(C(F)(F)F)CC1. The van der Waals surface area contributed by atoms with E-state index in [9.17, 15) is 13.2 Å². The van der Waals surface area contributed by atoms with Crippen molar-refractivity contribution in [2.45, 2.75) is 51.2 Å². The van der Waals surface area contributed by atoms with Crippen molar-refractivity contribution in [1.82, 2.24) is 5.32 Å². The predicted octanol–water partition coefficient (Wildman–Crippen LogP) is 4.64. The Hall–Kier alpha value is -0.550. The zero-order valence-corrected chi connectivity index (χ0v) is 12.6. The molecule has 1 aromatic heterocycles. The second kappa shape index (κ2) is 6.94. The highest BCUT2D eigenvalue weighted by Gasteiger charge is 2.42. The number of halogens is 3. The van der Waals surface area contributed by atoms with Gasteiger partial charge in [-0.1, -0.05) is 6.92 Å². The lowest BCUT2D eigenvalue weighted by atomic mass is 9.77. The van der Waals surface area contributed by atoms with E-state index < -0.39 is 12.1 Å². The first kappa shape index (κ1) is 15.8. The Bertz CT molecular complexity index is 380. The van der Waals surface area contributed by atoms with Crippen molar-refractivity contribution in [2.75, 3.05) is 6.54 Å². The Morgan fingerprint density at radius 2 is 2.00 bits per heavy atom. The molecule has 1 saturated carbocycles. The molecule has 1 aliphatic rings. The molecule has 1 fully saturated rings. The van der Waals surface area contributed by atoms with Crippen molar-refractivity contribution in [3.8, 4) is 0 Å². The molecule has 2 rings (SSSR count). The van der Waals surface area contributed by atoms with Crippen molar-refractivity contribution in [3.05, 3.63) is 22.4 Å². The van der Waals surface area contributed by atoms with Crippen molar-refractivity contribution < 1.29 is 13.2 Å². The van der Waals surface area contributed by atoms with Crippen LogP contribution >= 0.6 is 11.3 Å². The van der Waals surface area contributed by atoms with Crippen LogP contribution in [0, 0.1) is 11.8 Å². The Balaban J connectivity index is 1.91. The Labute approximate surface area is 122 Å². The van der Waals surface area contributed by atoms with Gasteiger partial charge in [0.05, 0.1) is 5.92 Å². The molecule has 0 bridgehead atoms. The van der Waals surface area contributed by atoms with Gasteiger partial charge in [0.25, 0.3) is 0 Å². The maximum absolute atomic E-state index is 12.7. The summed E-state index contributed by atoms with van der Waals surface area (Å²) in [5.74, 6) is -0.712. The molecule has 0 saturated heterocycles. The molecule has 0 aromatic carbocycles. The Kier molecular flexibility index (Phi) is 5.49. The van der Waals surface area contributed by atoms with E-state index in [1.54, 1.807) is 11.3 Å². The highest BCUT2D eigenvalue weighted by molar-refractivity contribution is 7.07. The van der Waals surface area contributed by atoms with E-state index in [2.05, 4.69) is 29.1 Å². The van der Waals surface area contributed by atoms with Crippen molar-refractivity contribution >= 4 is 11.3 Å². The molecular formula is C15H22F3NS. The molecule has 0 spiro atoms. The smallest absolute Gasteiger partial charge is 0.314 e. The summed E-state index contributed by atoms with van der Waals surface area (Å²) >= 11 is 1.67. The lowest BCUT2D eigenvalue weighted by Crippen LogP contribution is -2.41. The summed E-state index contributed by atoms with van der Waals surface area (Å²) in [6.45, 7) is 2.93. The molecule has 1 heterocycles. The molecule has 1 atom stereocenters. The minimum atomic E-state index is -4.01. The lowest BCUT2D eigenvalue weighted by Gasteiger charge is -2.35. The van der Waals surface area contributed by atoms with E-state index in [4.69, 9.17) is 0 Å². The number of hydrogen-bond donors (Lipinski definition) is 1. The zero-order chi connectivity index (χ0) is 14.6. The van der Waals surface area contributed by atoms with Gasteiger partial charge in [-0.3, -0.25) is 0 Å². The summed E-state index contributed by atoms with van der Waals surface area (Å²) in [6.07, 6.45) is -1.12. The third kappa shape index (κ3) is 4.22. The maximum Gasteiger partial charge on any atom is 0.391 e. The fourth-order valence-electron chi connectivity index (χ4n) is 3.18. The van der Waals surface area contributed by atoms with Gasteiger partial charge in [0.2, 0.25) is 0 Å². The Morgan fingerprint density at radius 1 is 1.30 bits per heavy atom. The third-order valence-electron chi connectivity index (χ3n) is 4.31. The minimum Gasteiger partial charge on any atom is -0.314 e. The van der Waals surface area contributed by atoms with E-state index in [0.717, 1.165) is 13.0 Å². The van der Waals surface area contributed by atoms with Crippen LogP contribution in [0.1, 0.15) is 38.2 Å². The van der Waals surface area contributed by atoms with Gasteiger partial charge in [-0.2, -0.15) is 24.5 Å². The highest BCUT2D eigenvalue weighted by atomic mass is 32.1. The van der Waals surface area contributed by atoms with Gasteiger partial charge >= 0.3 is 6.18 Å². The highest BCUT2D eigenvalue weighted by Crippen LogP contribution is 2.40. The summed E-state index contributed by atoms with van der Waals surface area (Å²) < 4.78 is 38.1. The normalized spacial score (nSPS) is 25.6. The summed E-state index contributed by atoms with van der Waals surface area (Å²) in [5, 5.41) is 7.65. The molecule has 1 aliphatic carbocycles. The van der Waals surface area contributed by atoms with E-state index >= 15 is 0 Å². The van der Waals surface area contributed by atoms with Gasteiger partial charge in [-0.25, -0.2) is 0 Å². The van der Waals surface area contributed by atoms with Gasteiger partial charge < -0.3 is 5.32 Å². The molecule has 20 heavy (non-hydrogen) atoms. The Morgan fingerprint density at radius 3 is 2.50 bits per heavy atom. The van der Waals surface area contributed by atoms with Crippen LogP contribution in [0.2, 0.25) is 0 Å². The summed E-state index contributed by atoms with van der Waals surface area (Å²) in [6, 6.07) is 2.42. The molecule has 1 N–H and O–H groups in total. The van der Waals surface area contributed by atoms with Gasteiger partial charge in [0, 0.05) is 6.04 Å². The average molecular weight is 305 g/mol. The third-order valence-corrected chi connectivity index (χ3v) is 5.04. The number of likely N-dealkylation sites (N-methyl/N-ethyl adjacent to an activating group) is 1. The average Bonchev–Trinajstić information content (AvgIpc) is 2.90. The number of nitrogens with one attached hydrogen (secondary N) is 1. The first-order chi connectivity index (χ1) is 9.50. The largest absolute Gasteiger partial charge is 0.391 e. The lowest BCUT2D eigenvalue weighted by molar-refractivity contribution is -0.184. The molecule has 0 radical (unpaired) electrons. The number of thiophene rings is 1. The van der Waals surface area contributed by atoms with Crippen LogP contribution in [0.15, 0.2) is 16.8 Å². The summed E-state index contributed by atoms with van der Waals surface area (Å²) in [7, 11) is 0. The monoisotopic (exact) mass is 305 g/mol. The summed E-state index contributed by atoms with van der Waals surface area (Å²) in [5.41, 5.74) is 1.29. The van der Waals surface area contributed by atoms with E-state index in [1.807, 2.05) is 0 Å². The van der Waals surface area contributed by atoms with Gasteiger partial charge in [-0.15, -0.1) is 0 Å². The first-order valence-corrected chi connectivity index (χ1v) is 8.26. The molecule has 0 amide bonds. The fraction of sp³-hybridized carbons (Fsp3) is 0.733. The molecular weight excluding hydrogens is 283 g/mol. The standard InChI is InChI=1S/C15H22F3NS/c1-2-19-14(9-11-7-8-20-10-11)12-3-5-13(6-4-12)15(16,17)18/h7-8,10,12-14,19H,2-6,9H2,1H3. The maximum atomic E-state index is 12.7. The zero-order valence-electron chi connectivity index (χ0n) is 11.7. The van der Waals surface area contributed by atoms with E-state index in [-0.39, 0.29) is 0 Å². The topological polar surface area (TPSA) is 12.0 Å². The van der Waals surface area contributed by atoms with Crippen molar-refractivity contribution in [2.24, 2.45) is 11.8 Å². The van der Waals surface area contributed by atoms with Gasteiger partial charge in [0.15, 0.2) is 0 Å². The quantitative estimate of drug-likeness (QED) is 0.836. The summed E-state index contributed by atoms with van der Waals surface area (Å²) in [4.78, 5) is 0.